The number of hydrogen-bond acceptors (Lipinski definition) is 5. The molecule has 19 heavy (non-hydrogen) atoms. The second-order valence-electron chi connectivity index (χ2n) is 3.91. The van der Waals surface area contributed by atoms with Gasteiger partial charge in [-0.3, -0.25) is 4.79 Å². The number of methoxy groups -OCH3 is 1. The van der Waals surface area contributed by atoms with Crippen molar-refractivity contribution in [1.82, 2.24) is 9.78 Å². The highest BCUT2D eigenvalue weighted by molar-refractivity contribution is 7.90. The van der Waals surface area contributed by atoms with Gasteiger partial charge >= 0.3 is 0 Å². The summed E-state index contributed by atoms with van der Waals surface area (Å²) in [6, 6.07) is 8.01. The first-order chi connectivity index (χ1) is 8.95. The van der Waals surface area contributed by atoms with Crippen LogP contribution < -0.4 is 4.74 Å². The van der Waals surface area contributed by atoms with Crippen LogP contribution in [-0.2, 0) is 9.84 Å². The Kier molecular flexibility index (Phi) is 3.39. The highest BCUT2D eigenvalue weighted by atomic mass is 32.2. The zero-order valence-corrected chi connectivity index (χ0v) is 11.2. The number of ether oxygens (including phenoxy) is 1. The summed E-state index contributed by atoms with van der Waals surface area (Å²) in [6.07, 6.45) is 1.61. The fourth-order valence-corrected chi connectivity index (χ4v) is 2.13. The lowest BCUT2D eigenvalue weighted by Gasteiger charge is -2.04. The molecule has 2 rings (SSSR count). The lowest BCUT2D eigenvalue weighted by Crippen LogP contribution is -2.03. The van der Waals surface area contributed by atoms with Crippen LogP contribution in [0.25, 0.3) is 5.69 Å². The smallest absolute Gasteiger partial charge is 0.194 e. The van der Waals surface area contributed by atoms with Gasteiger partial charge in [-0.1, -0.05) is 0 Å². The molecule has 0 aliphatic carbocycles. The Morgan fingerprint density at radius 3 is 2.37 bits per heavy atom. The number of carbonyl (C=O) groups is 1. The molecule has 0 atom stereocenters. The molecule has 0 saturated heterocycles. The number of carbonyl (C=O) groups excluding carboxylic acids is 1. The maximum atomic E-state index is 11.4. The zero-order valence-electron chi connectivity index (χ0n) is 10.4. The van der Waals surface area contributed by atoms with E-state index in [4.69, 9.17) is 4.74 Å². The molecule has 0 unspecified atom stereocenters. The van der Waals surface area contributed by atoms with Crippen molar-refractivity contribution in [3.63, 3.8) is 0 Å². The minimum Gasteiger partial charge on any atom is -0.497 e. The molecule has 1 heterocycles. The molecule has 0 N–H and O–H groups in total. The summed E-state index contributed by atoms with van der Waals surface area (Å²) in [5.74, 6) is 0.659. The van der Waals surface area contributed by atoms with Gasteiger partial charge in [0.15, 0.2) is 21.1 Å². The van der Waals surface area contributed by atoms with Gasteiger partial charge < -0.3 is 4.74 Å². The third kappa shape index (κ3) is 2.65. The van der Waals surface area contributed by atoms with E-state index in [1.807, 2.05) is 0 Å². The summed E-state index contributed by atoms with van der Waals surface area (Å²) in [7, 11) is -1.91. The van der Waals surface area contributed by atoms with E-state index in [-0.39, 0.29) is 10.7 Å². The molecule has 0 saturated carbocycles. The second kappa shape index (κ2) is 4.85. The normalized spacial score (nSPS) is 11.3. The molecular formula is C12H12N2O4S. The van der Waals surface area contributed by atoms with Gasteiger partial charge in [-0.25, -0.2) is 13.1 Å². The van der Waals surface area contributed by atoms with Crippen LogP contribution >= 0.6 is 0 Å². The zero-order chi connectivity index (χ0) is 14.0. The predicted molar refractivity (Wildman–Crippen MR) is 68.6 cm³/mol. The van der Waals surface area contributed by atoms with E-state index in [0.29, 0.717) is 17.7 Å². The highest BCUT2D eigenvalue weighted by Crippen LogP contribution is 2.18. The molecule has 1 aromatic heterocycles. The van der Waals surface area contributed by atoms with Crippen LogP contribution in [0.15, 0.2) is 35.4 Å². The number of rotatable bonds is 4. The van der Waals surface area contributed by atoms with Crippen LogP contribution in [0.5, 0.6) is 5.75 Å². The number of aldehydes is 1. The van der Waals surface area contributed by atoms with Crippen LogP contribution in [0.4, 0.5) is 0 Å². The first-order valence-corrected chi connectivity index (χ1v) is 7.24. The topological polar surface area (TPSA) is 78.3 Å². The maximum absolute atomic E-state index is 11.4. The van der Waals surface area contributed by atoms with E-state index in [1.54, 1.807) is 31.4 Å². The van der Waals surface area contributed by atoms with Crippen LogP contribution in [0, 0.1) is 0 Å². The van der Waals surface area contributed by atoms with Crippen LogP contribution in [0.2, 0.25) is 0 Å². The van der Waals surface area contributed by atoms with Gasteiger partial charge in [0.25, 0.3) is 0 Å². The van der Waals surface area contributed by atoms with Crippen LogP contribution in [0.3, 0.4) is 0 Å². The summed E-state index contributed by atoms with van der Waals surface area (Å²) in [5.41, 5.74) is 0.753. The molecule has 2 aromatic rings. The molecule has 0 radical (unpaired) electrons. The summed E-state index contributed by atoms with van der Waals surface area (Å²) in [4.78, 5) is 11.0. The van der Waals surface area contributed by atoms with Gasteiger partial charge in [0.2, 0.25) is 0 Å². The van der Waals surface area contributed by atoms with E-state index >= 15 is 0 Å². The quantitative estimate of drug-likeness (QED) is 0.784. The van der Waals surface area contributed by atoms with Gasteiger partial charge in [0.1, 0.15) is 11.4 Å². The van der Waals surface area contributed by atoms with Gasteiger partial charge in [-0.2, -0.15) is 5.10 Å². The van der Waals surface area contributed by atoms with Crippen LogP contribution in [-0.4, -0.2) is 37.9 Å². The number of hydrogen-bond donors (Lipinski definition) is 0. The number of nitrogens with zero attached hydrogens (tertiary/aromatic N) is 2. The van der Waals surface area contributed by atoms with Crippen molar-refractivity contribution in [1.29, 1.82) is 0 Å². The summed E-state index contributed by atoms with van der Waals surface area (Å²) in [5, 5.41) is 3.80. The fourth-order valence-electron chi connectivity index (χ4n) is 1.57. The van der Waals surface area contributed by atoms with E-state index in [9.17, 15) is 13.2 Å². The lowest BCUT2D eigenvalue weighted by molar-refractivity contribution is 0.111. The van der Waals surface area contributed by atoms with Crippen molar-refractivity contribution >= 4 is 16.1 Å². The lowest BCUT2D eigenvalue weighted by atomic mass is 10.3. The molecule has 0 spiro atoms. The Labute approximate surface area is 110 Å². The van der Waals surface area contributed by atoms with Crippen molar-refractivity contribution < 1.29 is 17.9 Å². The van der Waals surface area contributed by atoms with Crippen molar-refractivity contribution in [3.8, 4) is 11.4 Å². The first-order valence-electron chi connectivity index (χ1n) is 5.35. The number of aromatic nitrogens is 2. The highest BCUT2D eigenvalue weighted by Gasteiger charge is 2.16. The van der Waals surface area contributed by atoms with Gasteiger partial charge in [0, 0.05) is 12.3 Å². The molecule has 0 fully saturated rings. The Balaban J connectivity index is 2.54. The molecule has 0 aliphatic heterocycles. The first kappa shape index (κ1) is 13.3. The van der Waals surface area contributed by atoms with E-state index in [0.717, 1.165) is 6.26 Å². The summed E-state index contributed by atoms with van der Waals surface area (Å²) >= 11 is 0. The molecule has 6 nitrogen and oxygen atoms in total. The molecular weight excluding hydrogens is 268 g/mol. The third-order valence-corrected chi connectivity index (χ3v) is 3.49. The molecule has 0 bridgehead atoms. The van der Waals surface area contributed by atoms with E-state index in [2.05, 4.69) is 5.10 Å². The summed E-state index contributed by atoms with van der Waals surface area (Å²) < 4.78 is 29.2. The van der Waals surface area contributed by atoms with Gasteiger partial charge in [0.05, 0.1) is 12.8 Å². The predicted octanol–water partition coefficient (Wildman–Crippen LogP) is 1.10. The molecule has 7 heteroatoms. The minimum atomic E-state index is -3.45. The minimum absolute atomic E-state index is 0.134. The maximum Gasteiger partial charge on any atom is 0.194 e. The molecule has 0 aliphatic rings. The van der Waals surface area contributed by atoms with Crippen molar-refractivity contribution in [2.75, 3.05) is 13.4 Å². The monoisotopic (exact) mass is 280 g/mol. The number of benzene rings is 1. The van der Waals surface area contributed by atoms with Crippen molar-refractivity contribution in [2.45, 2.75) is 5.03 Å². The van der Waals surface area contributed by atoms with Crippen molar-refractivity contribution in [2.24, 2.45) is 0 Å². The number of sulfone groups is 1. The molecule has 100 valence electrons. The second-order valence-corrected chi connectivity index (χ2v) is 5.87. The van der Waals surface area contributed by atoms with Crippen molar-refractivity contribution in [3.05, 3.63) is 36.0 Å². The van der Waals surface area contributed by atoms with E-state index < -0.39 is 9.84 Å². The van der Waals surface area contributed by atoms with Gasteiger partial charge in [-0.05, 0) is 24.3 Å². The van der Waals surface area contributed by atoms with E-state index in [1.165, 1.54) is 10.7 Å². The largest absolute Gasteiger partial charge is 0.497 e. The Bertz CT molecular complexity index is 702. The SMILES string of the molecule is COc1ccc(-n2nc(S(C)(=O)=O)cc2C=O)cc1. The Hall–Kier alpha value is -2.15. The molecule has 1 aromatic carbocycles. The summed E-state index contributed by atoms with van der Waals surface area (Å²) in [6.45, 7) is 0. The van der Waals surface area contributed by atoms with Gasteiger partial charge in [-0.15, -0.1) is 0 Å². The third-order valence-electron chi connectivity index (χ3n) is 2.53. The average Bonchev–Trinajstić information content (AvgIpc) is 2.83. The Morgan fingerprint density at radius 2 is 1.89 bits per heavy atom. The Morgan fingerprint density at radius 1 is 1.26 bits per heavy atom. The fraction of sp³-hybridized carbons (Fsp3) is 0.167. The molecule has 0 amide bonds. The van der Waals surface area contributed by atoms with Crippen LogP contribution in [0.1, 0.15) is 10.5 Å². The average molecular weight is 280 g/mol. The standard InChI is InChI=1S/C12H12N2O4S/c1-18-11-5-3-9(4-6-11)14-10(8-15)7-12(13-14)19(2,16)17/h3-8H,1-2H3.